The smallest absolute Gasteiger partial charge is 0.273 e. The number of hydrogen-bond acceptors (Lipinski definition) is 4. The molecule has 2 rings (SSSR count). The van der Waals surface area contributed by atoms with Gasteiger partial charge in [0.15, 0.2) is 0 Å². The minimum Gasteiger partial charge on any atom is -0.349 e. The van der Waals surface area contributed by atoms with Crippen LogP contribution in [0.1, 0.15) is 18.4 Å². The molecule has 1 aromatic carbocycles. The van der Waals surface area contributed by atoms with Gasteiger partial charge in [0.05, 0.1) is 11.3 Å². The van der Waals surface area contributed by atoms with Gasteiger partial charge in [-0.1, -0.05) is 18.2 Å². The lowest BCUT2D eigenvalue weighted by atomic mass is 9.95. The van der Waals surface area contributed by atoms with Crippen molar-refractivity contribution in [2.75, 3.05) is 27.2 Å². The van der Waals surface area contributed by atoms with Crippen LogP contribution in [0.15, 0.2) is 24.3 Å². The van der Waals surface area contributed by atoms with Crippen LogP contribution in [0.3, 0.4) is 0 Å². The number of carbonyl (C=O) groups excluding carboxylic acids is 2. The van der Waals surface area contributed by atoms with E-state index in [1.807, 2.05) is 0 Å². The molecule has 0 aliphatic carbocycles. The molecule has 2 amide bonds. The fraction of sp³-hybridized carbons (Fsp3) is 0.500. The Morgan fingerprint density at radius 2 is 1.87 bits per heavy atom. The van der Waals surface area contributed by atoms with Crippen molar-refractivity contribution in [3.05, 3.63) is 39.9 Å². The van der Waals surface area contributed by atoms with Crippen molar-refractivity contribution >= 4 is 17.5 Å². The number of piperidine rings is 1. The van der Waals surface area contributed by atoms with E-state index in [1.54, 1.807) is 42.1 Å². The van der Waals surface area contributed by atoms with Crippen LogP contribution in [-0.4, -0.2) is 53.7 Å². The number of rotatable bonds is 4. The van der Waals surface area contributed by atoms with Gasteiger partial charge in [-0.3, -0.25) is 19.7 Å². The Labute approximate surface area is 135 Å². The van der Waals surface area contributed by atoms with Crippen molar-refractivity contribution in [2.24, 2.45) is 5.92 Å². The van der Waals surface area contributed by atoms with Gasteiger partial charge in [-0.05, 0) is 12.8 Å². The molecular weight excluding hydrogens is 298 g/mol. The third kappa shape index (κ3) is 4.06. The van der Waals surface area contributed by atoms with E-state index in [0.29, 0.717) is 31.5 Å². The molecule has 0 radical (unpaired) electrons. The molecule has 0 bridgehead atoms. The van der Waals surface area contributed by atoms with Crippen LogP contribution in [0, 0.1) is 16.0 Å². The first kappa shape index (κ1) is 16.9. The number of likely N-dealkylation sites (tertiary alicyclic amines) is 1. The van der Waals surface area contributed by atoms with Gasteiger partial charge in [0, 0.05) is 44.7 Å². The highest BCUT2D eigenvalue weighted by Gasteiger charge is 2.28. The maximum Gasteiger partial charge on any atom is 0.273 e. The summed E-state index contributed by atoms with van der Waals surface area (Å²) in [7, 11) is 3.46. The normalized spacial score (nSPS) is 15.3. The SMILES string of the molecule is CN(C)C(=O)C1CCN(C(=O)Cc2ccccc2[N+](=O)[O-])CC1. The van der Waals surface area contributed by atoms with Gasteiger partial charge >= 0.3 is 0 Å². The quantitative estimate of drug-likeness (QED) is 0.621. The molecule has 1 fully saturated rings. The zero-order valence-electron chi connectivity index (χ0n) is 13.4. The summed E-state index contributed by atoms with van der Waals surface area (Å²) in [5, 5.41) is 11.0. The molecule has 1 heterocycles. The van der Waals surface area contributed by atoms with Crippen molar-refractivity contribution in [1.29, 1.82) is 0 Å². The molecule has 7 heteroatoms. The predicted octanol–water partition coefficient (Wildman–Crippen LogP) is 1.46. The monoisotopic (exact) mass is 319 g/mol. The third-order valence-corrected chi connectivity index (χ3v) is 4.17. The number of nitrogens with zero attached hydrogens (tertiary/aromatic N) is 3. The standard InChI is InChI=1S/C16H21N3O4/c1-17(2)16(21)12-7-9-18(10-8-12)15(20)11-13-5-3-4-6-14(13)19(22)23/h3-6,12H,7-11H2,1-2H3. The molecule has 0 spiro atoms. The van der Waals surface area contributed by atoms with Crippen LogP contribution in [-0.2, 0) is 16.0 Å². The number of nitro groups is 1. The molecule has 1 aromatic rings. The van der Waals surface area contributed by atoms with Gasteiger partial charge < -0.3 is 9.80 Å². The van der Waals surface area contributed by atoms with Crippen molar-refractivity contribution in [3.63, 3.8) is 0 Å². The van der Waals surface area contributed by atoms with Gasteiger partial charge in [0.2, 0.25) is 11.8 Å². The van der Waals surface area contributed by atoms with E-state index in [0.717, 1.165) is 0 Å². The number of carbonyl (C=O) groups is 2. The van der Waals surface area contributed by atoms with Gasteiger partial charge in [0.1, 0.15) is 0 Å². The Morgan fingerprint density at radius 3 is 2.43 bits per heavy atom. The molecule has 1 saturated heterocycles. The fourth-order valence-electron chi connectivity index (χ4n) is 2.85. The topological polar surface area (TPSA) is 83.8 Å². The summed E-state index contributed by atoms with van der Waals surface area (Å²) in [6, 6.07) is 6.30. The van der Waals surface area contributed by atoms with Gasteiger partial charge in [0.25, 0.3) is 5.69 Å². The van der Waals surface area contributed by atoms with Crippen molar-refractivity contribution in [1.82, 2.24) is 9.80 Å². The first-order valence-electron chi connectivity index (χ1n) is 7.61. The van der Waals surface area contributed by atoms with Crippen molar-refractivity contribution < 1.29 is 14.5 Å². The average molecular weight is 319 g/mol. The molecular formula is C16H21N3O4. The highest BCUT2D eigenvalue weighted by molar-refractivity contribution is 5.81. The van der Waals surface area contributed by atoms with E-state index >= 15 is 0 Å². The lowest BCUT2D eigenvalue weighted by molar-refractivity contribution is -0.385. The van der Waals surface area contributed by atoms with Crippen molar-refractivity contribution in [2.45, 2.75) is 19.3 Å². The molecule has 124 valence electrons. The van der Waals surface area contributed by atoms with E-state index in [2.05, 4.69) is 0 Å². The first-order valence-corrected chi connectivity index (χ1v) is 7.61. The van der Waals surface area contributed by atoms with Gasteiger partial charge in [-0.2, -0.15) is 0 Å². The lowest BCUT2D eigenvalue weighted by Gasteiger charge is -2.32. The lowest BCUT2D eigenvalue weighted by Crippen LogP contribution is -2.43. The molecule has 0 unspecified atom stereocenters. The minimum absolute atomic E-state index is 0.0173. The minimum atomic E-state index is -0.468. The zero-order chi connectivity index (χ0) is 17.0. The first-order chi connectivity index (χ1) is 10.9. The van der Waals surface area contributed by atoms with Crippen molar-refractivity contribution in [3.8, 4) is 0 Å². The molecule has 0 N–H and O–H groups in total. The summed E-state index contributed by atoms with van der Waals surface area (Å²) in [4.78, 5) is 38.1. The average Bonchev–Trinajstić information content (AvgIpc) is 2.54. The van der Waals surface area contributed by atoms with Gasteiger partial charge in [-0.25, -0.2) is 0 Å². The number of amides is 2. The molecule has 0 atom stereocenters. The van der Waals surface area contributed by atoms with E-state index in [9.17, 15) is 19.7 Å². The van der Waals surface area contributed by atoms with Crippen LogP contribution in [0.5, 0.6) is 0 Å². The van der Waals surface area contributed by atoms with Crippen LogP contribution < -0.4 is 0 Å². The summed E-state index contributed by atoms with van der Waals surface area (Å²) in [5.41, 5.74) is 0.396. The Hall–Kier alpha value is -2.44. The number of benzene rings is 1. The predicted molar refractivity (Wildman–Crippen MR) is 84.8 cm³/mol. The van der Waals surface area contributed by atoms with Crippen LogP contribution in [0.4, 0.5) is 5.69 Å². The fourth-order valence-corrected chi connectivity index (χ4v) is 2.85. The summed E-state index contributed by atoms with van der Waals surface area (Å²) in [5.74, 6) is -0.0778. The van der Waals surface area contributed by atoms with Crippen LogP contribution >= 0.6 is 0 Å². The maximum atomic E-state index is 12.4. The number of hydrogen-bond donors (Lipinski definition) is 0. The Kier molecular flexibility index (Phi) is 5.31. The van der Waals surface area contributed by atoms with E-state index in [-0.39, 0.29) is 29.8 Å². The molecule has 1 aliphatic rings. The van der Waals surface area contributed by atoms with Crippen LogP contribution in [0.25, 0.3) is 0 Å². The second-order valence-electron chi connectivity index (χ2n) is 5.95. The Bertz CT molecular complexity index is 607. The summed E-state index contributed by atoms with van der Waals surface area (Å²) in [6.45, 7) is 1.04. The molecule has 7 nitrogen and oxygen atoms in total. The Morgan fingerprint density at radius 1 is 1.26 bits per heavy atom. The molecule has 0 saturated carbocycles. The summed E-state index contributed by atoms with van der Waals surface area (Å²) < 4.78 is 0. The van der Waals surface area contributed by atoms with E-state index in [1.165, 1.54) is 6.07 Å². The second-order valence-corrected chi connectivity index (χ2v) is 5.95. The summed E-state index contributed by atoms with van der Waals surface area (Å²) >= 11 is 0. The van der Waals surface area contributed by atoms with Gasteiger partial charge in [-0.15, -0.1) is 0 Å². The third-order valence-electron chi connectivity index (χ3n) is 4.17. The molecule has 0 aromatic heterocycles. The summed E-state index contributed by atoms with van der Waals surface area (Å²) in [6.07, 6.45) is 1.29. The number of nitro benzene ring substituents is 1. The second kappa shape index (κ2) is 7.21. The Balaban J connectivity index is 1.96. The largest absolute Gasteiger partial charge is 0.349 e. The number of para-hydroxylation sites is 1. The van der Waals surface area contributed by atoms with Crippen LogP contribution in [0.2, 0.25) is 0 Å². The molecule has 23 heavy (non-hydrogen) atoms. The van der Waals surface area contributed by atoms with E-state index < -0.39 is 4.92 Å². The highest BCUT2D eigenvalue weighted by atomic mass is 16.6. The zero-order valence-corrected chi connectivity index (χ0v) is 13.4. The molecule has 1 aliphatic heterocycles. The van der Waals surface area contributed by atoms with E-state index in [4.69, 9.17) is 0 Å². The highest BCUT2D eigenvalue weighted by Crippen LogP contribution is 2.22. The maximum absolute atomic E-state index is 12.4.